The van der Waals surface area contributed by atoms with Crippen LogP contribution >= 0.6 is 0 Å². The predicted molar refractivity (Wildman–Crippen MR) is 60.8 cm³/mol. The Labute approximate surface area is 94.9 Å². The van der Waals surface area contributed by atoms with Gasteiger partial charge in [-0.2, -0.15) is 0 Å². The molecule has 0 aliphatic rings. The molecule has 1 aromatic carbocycles. The molecule has 1 rings (SSSR count). The summed E-state index contributed by atoms with van der Waals surface area (Å²) in [5, 5.41) is 22.1. The van der Waals surface area contributed by atoms with Gasteiger partial charge in [0.15, 0.2) is 0 Å². The second-order valence-electron chi connectivity index (χ2n) is 4.62. The highest BCUT2D eigenvalue weighted by Crippen LogP contribution is 2.24. The molecule has 90 valence electrons. The van der Waals surface area contributed by atoms with Crippen LogP contribution in [0.15, 0.2) is 18.2 Å². The van der Waals surface area contributed by atoms with E-state index in [1.165, 1.54) is 18.2 Å². The van der Waals surface area contributed by atoms with E-state index in [1.54, 1.807) is 20.8 Å². The molecule has 0 aromatic heterocycles. The molecule has 0 heterocycles. The SMILES string of the molecule is CC(NCC(C)(C)O)c1cc(F)ccc1O. The third-order valence-corrected chi connectivity index (χ3v) is 2.30. The van der Waals surface area contributed by atoms with E-state index in [1.807, 2.05) is 0 Å². The first-order valence-corrected chi connectivity index (χ1v) is 5.24. The summed E-state index contributed by atoms with van der Waals surface area (Å²) in [4.78, 5) is 0. The summed E-state index contributed by atoms with van der Waals surface area (Å²) in [6.07, 6.45) is 0. The van der Waals surface area contributed by atoms with Gasteiger partial charge in [0, 0.05) is 18.2 Å². The molecule has 0 saturated carbocycles. The summed E-state index contributed by atoms with van der Waals surface area (Å²) in [6, 6.07) is 3.60. The number of aliphatic hydroxyl groups is 1. The fraction of sp³-hybridized carbons (Fsp3) is 0.500. The van der Waals surface area contributed by atoms with Crippen LogP contribution in [0.4, 0.5) is 4.39 Å². The van der Waals surface area contributed by atoms with Crippen molar-refractivity contribution in [2.24, 2.45) is 0 Å². The third kappa shape index (κ3) is 3.79. The smallest absolute Gasteiger partial charge is 0.123 e. The highest BCUT2D eigenvalue weighted by Gasteiger charge is 2.16. The normalized spacial score (nSPS) is 13.8. The molecule has 0 spiro atoms. The fourth-order valence-corrected chi connectivity index (χ4v) is 1.39. The quantitative estimate of drug-likeness (QED) is 0.737. The van der Waals surface area contributed by atoms with Gasteiger partial charge >= 0.3 is 0 Å². The number of rotatable bonds is 4. The van der Waals surface area contributed by atoms with Crippen molar-refractivity contribution in [3.8, 4) is 5.75 Å². The first kappa shape index (κ1) is 12.9. The minimum atomic E-state index is -0.836. The lowest BCUT2D eigenvalue weighted by Crippen LogP contribution is -2.36. The number of nitrogens with one attached hydrogen (secondary N) is 1. The number of phenolic OH excluding ortho intramolecular Hbond substituents is 1. The van der Waals surface area contributed by atoms with Crippen LogP contribution in [-0.2, 0) is 0 Å². The maximum absolute atomic E-state index is 13.0. The molecular formula is C12H18FNO2. The monoisotopic (exact) mass is 227 g/mol. The molecule has 0 saturated heterocycles. The maximum Gasteiger partial charge on any atom is 0.123 e. The molecule has 0 radical (unpaired) electrons. The van der Waals surface area contributed by atoms with Crippen molar-refractivity contribution in [1.29, 1.82) is 0 Å². The highest BCUT2D eigenvalue weighted by atomic mass is 19.1. The Morgan fingerprint density at radius 1 is 1.44 bits per heavy atom. The largest absolute Gasteiger partial charge is 0.508 e. The summed E-state index contributed by atoms with van der Waals surface area (Å²) >= 11 is 0. The van der Waals surface area contributed by atoms with Crippen LogP contribution in [0.25, 0.3) is 0 Å². The summed E-state index contributed by atoms with van der Waals surface area (Å²) in [5.74, 6) is -0.332. The topological polar surface area (TPSA) is 52.5 Å². The van der Waals surface area contributed by atoms with Crippen LogP contribution in [0.2, 0.25) is 0 Å². The van der Waals surface area contributed by atoms with E-state index >= 15 is 0 Å². The number of hydrogen-bond donors (Lipinski definition) is 3. The van der Waals surface area contributed by atoms with E-state index in [4.69, 9.17) is 0 Å². The van der Waals surface area contributed by atoms with E-state index in [9.17, 15) is 14.6 Å². The van der Waals surface area contributed by atoms with Gasteiger partial charge in [-0.15, -0.1) is 0 Å². The number of hydrogen-bond acceptors (Lipinski definition) is 3. The van der Waals surface area contributed by atoms with Crippen molar-refractivity contribution in [1.82, 2.24) is 5.32 Å². The number of aromatic hydroxyl groups is 1. The Morgan fingerprint density at radius 3 is 2.62 bits per heavy atom. The average Bonchev–Trinajstić information content (AvgIpc) is 2.17. The summed E-state index contributed by atoms with van der Waals surface area (Å²) in [6.45, 7) is 5.53. The van der Waals surface area contributed by atoms with Gasteiger partial charge in [0.25, 0.3) is 0 Å². The van der Waals surface area contributed by atoms with E-state index in [0.29, 0.717) is 12.1 Å². The average molecular weight is 227 g/mol. The van der Waals surface area contributed by atoms with Gasteiger partial charge in [-0.25, -0.2) is 4.39 Å². The van der Waals surface area contributed by atoms with Crippen molar-refractivity contribution in [2.45, 2.75) is 32.4 Å². The minimum absolute atomic E-state index is 0.0529. The van der Waals surface area contributed by atoms with Crippen LogP contribution in [-0.4, -0.2) is 22.4 Å². The lowest BCUT2D eigenvalue weighted by molar-refractivity contribution is 0.0769. The highest BCUT2D eigenvalue weighted by molar-refractivity contribution is 5.34. The van der Waals surface area contributed by atoms with E-state index < -0.39 is 5.60 Å². The molecule has 0 aliphatic heterocycles. The van der Waals surface area contributed by atoms with Gasteiger partial charge in [-0.05, 0) is 39.0 Å². The van der Waals surface area contributed by atoms with Gasteiger partial charge in [0.2, 0.25) is 0 Å². The lowest BCUT2D eigenvalue weighted by Gasteiger charge is -2.22. The Morgan fingerprint density at radius 2 is 2.06 bits per heavy atom. The predicted octanol–water partition coefficient (Wildman–Crippen LogP) is 1.95. The standard InChI is InChI=1S/C12H18FNO2/c1-8(14-7-12(2,3)16)10-6-9(13)4-5-11(10)15/h4-6,8,14-16H,7H2,1-3H3. The van der Waals surface area contributed by atoms with Crippen LogP contribution in [0.1, 0.15) is 32.4 Å². The lowest BCUT2D eigenvalue weighted by atomic mass is 10.1. The van der Waals surface area contributed by atoms with Gasteiger partial charge in [0.1, 0.15) is 11.6 Å². The fourth-order valence-electron chi connectivity index (χ4n) is 1.39. The molecule has 1 aromatic rings. The van der Waals surface area contributed by atoms with Crippen molar-refractivity contribution in [3.05, 3.63) is 29.6 Å². The van der Waals surface area contributed by atoms with Crippen LogP contribution in [0.5, 0.6) is 5.75 Å². The van der Waals surface area contributed by atoms with Crippen molar-refractivity contribution in [2.75, 3.05) is 6.54 Å². The number of halogens is 1. The molecule has 0 aliphatic carbocycles. The summed E-state index contributed by atoms with van der Waals surface area (Å²) in [5.41, 5.74) is -0.346. The van der Waals surface area contributed by atoms with E-state index in [2.05, 4.69) is 5.32 Å². The van der Waals surface area contributed by atoms with Gasteiger partial charge in [-0.1, -0.05) is 0 Å². The third-order valence-electron chi connectivity index (χ3n) is 2.30. The molecule has 16 heavy (non-hydrogen) atoms. The Balaban J connectivity index is 2.73. The molecule has 3 N–H and O–H groups in total. The molecule has 4 heteroatoms. The first-order chi connectivity index (χ1) is 7.29. The zero-order valence-electron chi connectivity index (χ0n) is 9.79. The zero-order valence-corrected chi connectivity index (χ0v) is 9.79. The van der Waals surface area contributed by atoms with E-state index in [-0.39, 0.29) is 17.6 Å². The molecule has 0 amide bonds. The Kier molecular flexibility index (Phi) is 3.88. The van der Waals surface area contributed by atoms with Crippen LogP contribution in [0, 0.1) is 5.82 Å². The van der Waals surface area contributed by atoms with Crippen molar-refractivity contribution in [3.63, 3.8) is 0 Å². The molecule has 1 unspecified atom stereocenters. The van der Waals surface area contributed by atoms with Crippen molar-refractivity contribution >= 4 is 0 Å². The van der Waals surface area contributed by atoms with Gasteiger partial charge < -0.3 is 15.5 Å². The number of benzene rings is 1. The zero-order chi connectivity index (χ0) is 12.3. The van der Waals surface area contributed by atoms with E-state index in [0.717, 1.165) is 0 Å². The molecular weight excluding hydrogens is 209 g/mol. The summed E-state index contributed by atoms with van der Waals surface area (Å²) in [7, 11) is 0. The maximum atomic E-state index is 13.0. The number of phenols is 1. The minimum Gasteiger partial charge on any atom is -0.508 e. The Hall–Kier alpha value is -1.13. The van der Waals surface area contributed by atoms with Crippen molar-refractivity contribution < 1.29 is 14.6 Å². The van der Waals surface area contributed by atoms with Gasteiger partial charge in [-0.3, -0.25) is 0 Å². The molecule has 0 bridgehead atoms. The second-order valence-corrected chi connectivity index (χ2v) is 4.62. The van der Waals surface area contributed by atoms with Crippen LogP contribution in [0.3, 0.4) is 0 Å². The Bertz CT molecular complexity index is 361. The molecule has 3 nitrogen and oxygen atoms in total. The molecule has 0 fully saturated rings. The first-order valence-electron chi connectivity index (χ1n) is 5.24. The summed E-state index contributed by atoms with van der Waals surface area (Å²) < 4.78 is 13.0. The van der Waals surface area contributed by atoms with Crippen LogP contribution < -0.4 is 5.32 Å². The second kappa shape index (κ2) is 4.80. The van der Waals surface area contributed by atoms with Gasteiger partial charge in [0.05, 0.1) is 5.60 Å². The molecule has 1 atom stereocenters.